The zero-order valence-corrected chi connectivity index (χ0v) is 17.8. The fourth-order valence-corrected chi connectivity index (χ4v) is 3.20. The first-order chi connectivity index (χ1) is 15.1. The lowest BCUT2D eigenvalue weighted by atomic mass is 9.98. The zero-order valence-electron chi connectivity index (χ0n) is 17.8. The summed E-state index contributed by atoms with van der Waals surface area (Å²) in [6.07, 6.45) is 5.40. The van der Waals surface area contributed by atoms with Crippen LogP contribution in [-0.2, 0) is 23.9 Å². The Labute approximate surface area is 183 Å². The van der Waals surface area contributed by atoms with E-state index in [0.717, 1.165) is 5.56 Å². The van der Waals surface area contributed by atoms with Gasteiger partial charge in [0.1, 0.15) is 6.10 Å². The number of allylic oxidation sites excluding steroid dienone is 2. The van der Waals surface area contributed by atoms with Crippen LogP contribution in [0.1, 0.15) is 43.8 Å². The quantitative estimate of drug-likeness (QED) is 0.327. The summed E-state index contributed by atoms with van der Waals surface area (Å²) in [6.45, 7) is 0.911. The van der Waals surface area contributed by atoms with Gasteiger partial charge in [0.2, 0.25) is 11.8 Å². The van der Waals surface area contributed by atoms with E-state index in [0.29, 0.717) is 38.8 Å². The Morgan fingerprint density at radius 3 is 2.77 bits per heavy atom. The molecule has 8 heteroatoms. The molecule has 0 aromatic heterocycles. The van der Waals surface area contributed by atoms with Gasteiger partial charge in [0.05, 0.1) is 32.3 Å². The minimum Gasteiger partial charge on any atom is -0.456 e. The van der Waals surface area contributed by atoms with E-state index in [9.17, 15) is 14.4 Å². The number of carbonyl (C=O) groups is 3. The number of rotatable bonds is 8. The maximum absolute atomic E-state index is 12.8. The van der Waals surface area contributed by atoms with Crippen LogP contribution >= 0.6 is 0 Å². The summed E-state index contributed by atoms with van der Waals surface area (Å²) in [5.74, 6) is -1.32. The van der Waals surface area contributed by atoms with Crippen LogP contribution < -0.4 is 10.6 Å². The molecule has 1 heterocycles. The van der Waals surface area contributed by atoms with Crippen LogP contribution in [0.3, 0.4) is 0 Å². The summed E-state index contributed by atoms with van der Waals surface area (Å²) in [5, 5.41) is 14.3. The Balaban J connectivity index is 1.99. The number of carbonyl (C=O) groups excluding carboxylic acids is 3. The number of benzene rings is 1. The van der Waals surface area contributed by atoms with Crippen LogP contribution in [0, 0.1) is 5.92 Å². The van der Waals surface area contributed by atoms with E-state index >= 15 is 0 Å². The number of amides is 2. The minimum atomic E-state index is -0.579. The molecule has 2 atom stereocenters. The van der Waals surface area contributed by atoms with Crippen LogP contribution in [0.25, 0.3) is 0 Å². The van der Waals surface area contributed by atoms with Crippen molar-refractivity contribution in [2.75, 3.05) is 32.9 Å². The Kier molecular flexibility index (Phi) is 11.3. The molecule has 0 saturated heterocycles. The molecule has 0 bridgehead atoms. The molecular formula is C23H32N2O6. The number of nitrogens with one attached hydrogen (secondary N) is 2. The molecule has 1 aromatic rings. The summed E-state index contributed by atoms with van der Waals surface area (Å²) in [6, 6.07) is 9.29. The normalized spacial score (nSPS) is 20.5. The van der Waals surface area contributed by atoms with Crippen molar-refractivity contribution < 1.29 is 29.0 Å². The van der Waals surface area contributed by atoms with E-state index in [4.69, 9.17) is 14.6 Å². The molecule has 1 aliphatic heterocycles. The van der Waals surface area contributed by atoms with E-state index in [-0.39, 0.29) is 44.0 Å². The molecule has 1 aliphatic rings. The van der Waals surface area contributed by atoms with Gasteiger partial charge in [-0.2, -0.15) is 0 Å². The van der Waals surface area contributed by atoms with Gasteiger partial charge in [-0.05, 0) is 24.8 Å². The van der Waals surface area contributed by atoms with Gasteiger partial charge in [-0.1, -0.05) is 42.5 Å². The smallest absolute Gasteiger partial charge is 0.306 e. The second-order valence-corrected chi connectivity index (χ2v) is 7.32. The Hall–Kier alpha value is -2.71. The Morgan fingerprint density at radius 2 is 2.00 bits per heavy atom. The number of aliphatic hydroxyl groups excluding tert-OH is 1. The molecule has 2 rings (SSSR count). The maximum Gasteiger partial charge on any atom is 0.306 e. The van der Waals surface area contributed by atoms with Crippen molar-refractivity contribution in [3.8, 4) is 0 Å². The number of esters is 1. The Morgan fingerprint density at radius 1 is 1.19 bits per heavy atom. The van der Waals surface area contributed by atoms with Crippen molar-refractivity contribution in [2.24, 2.45) is 5.92 Å². The van der Waals surface area contributed by atoms with Gasteiger partial charge in [0, 0.05) is 19.4 Å². The van der Waals surface area contributed by atoms with Gasteiger partial charge in [-0.15, -0.1) is 0 Å². The van der Waals surface area contributed by atoms with Crippen LogP contribution in [-0.4, -0.2) is 55.8 Å². The van der Waals surface area contributed by atoms with Gasteiger partial charge in [0.25, 0.3) is 0 Å². The molecule has 1 aromatic carbocycles. The van der Waals surface area contributed by atoms with E-state index < -0.39 is 12.0 Å². The molecule has 0 fully saturated rings. The van der Waals surface area contributed by atoms with Crippen molar-refractivity contribution >= 4 is 17.8 Å². The van der Waals surface area contributed by atoms with Gasteiger partial charge < -0.3 is 25.2 Å². The molecule has 0 spiro atoms. The SMILES string of the molecule is O=C(CC1CC=CCCCC(=O)OC(c2ccccc2)CNC1=O)NCCOCCO. The lowest BCUT2D eigenvalue weighted by Gasteiger charge is -2.21. The standard InChI is InChI=1S/C23H32N2O6/c26-13-15-30-14-12-24-21(27)16-19-10-4-1-2-7-11-22(28)31-20(17-25-23(19)29)18-8-5-3-6-9-18/h1,3-6,8-9,19-20,26H,2,7,10-17H2,(H,24,27)(H,25,29). The summed E-state index contributed by atoms with van der Waals surface area (Å²) >= 11 is 0. The maximum atomic E-state index is 12.8. The summed E-state index contributed by atoms with van der Waals surface area (Å²) in [7, 11) is 0. The third-order valence-electron chi connectivity index (χ3n) is 4.85. The molecular weight excluding hydrogens is 400 g/mol. The fraction of sp³-hybridized carbons (Fsp3) is 0.522. The van der Waals surface area contributed by atoms with Gasteiger partial charge in [-0.3, -0.25) is 14.4 Å². The van der Waals surface area contributed by atoms with Crippen molar-refractivity contribution in [3.63, 3.8) is 0 Å². The number of hydrogen-bond acceptors (Lipinski definition) is 6. The van der Waals surface area contributed by atoms with Crippen molar-refractivity contribution in [1.29, 1.82) is 0 Å². The zero-order chi connectivity index (χ0) is 22.3. The highest BCUT2D eigenvalue weighted by molar-refractivity contribution is 5.86. The number of hydrogen-bond donors (Lipinski definition) is 3. The lowest BCUT2D eigenvalue weighted by Crippen LogP contribution is -2.38. The molecule has 0 aliphatic carbocycles. The number of cyclic esters (lactones) is 1. The highest BCUT2D eigenvalue weighted by Crippen LogP contribution is 2.19. The highest BCUT2D eigenvalue weighted by atomic mass is 16.5. The topological polar surface area (TPSA) is 114 Å². The van der Waals surface area contributed by atoms with Gasteiger partial charge >= 0.3 is 5.97 Å². The first kappa shape index (κ1) is 24.6. The second-order valence-electron chi connectivity index (χ2n) is 7.32. The first-order valence-electron chi connectivity index (χ1n) is 10.7. The van der Waals surface area contributed by atoms with Crippen LogP contribution in [0.15, 0.2) is 42.5 Å². The molecule has 8 nitrogen and oxygen atoms in total. The average Bonchev–Trinajstić information content (AvgIpc) is 2.79. The highest BCUT2D eigenvalue weighted by Gasteiger charge is 2.24. The van der Waals surface area contributed by atoms with Crippen LogP contribution in [0.4, 0.5) is 0 Å². The molecule has 3 N–H and O–H groups in total. The third kappa shape index (κ3) is 9.76. The van der Waals surface area contributed by atoms with Crippen LogP contribution in [0.5, 0.6) is 0 Å². The predicted octanol–water partition coefficient (Wildman–Crippen LogP) is 1.65. The molecule has 0 radical (unpaired) electrons. The van der Waals surface area contributed by atoms with E-state index in [1.807, 2.05) is 42.5 Å². The van der Waals surface area contributed by atoms with Gasteiger partial charge in [0.15, 0.2) is 0 Å². The van der Waals surface area contributed by atoms with E-state index in [1.165, 1.54) is 0 Å². The molecule has 2 amide bonds. The van der Waals surface area contributed by atoms with Crippen molar-refractivity contribution in [1.82, 2.24) is 10.6 Å². The minimum absolute atomic E-state index is 0.0476. The van der Waals surface area contributed by atoms with Crippen molar-refractivity contribution in [2.45, 2.75) is 38.2 Å². The largest absolute Gasteiger partial charge is 0.456 e. The molecule has 0 saturated carbocycles. The van der Waals surface area contributed by atoms with E-state index in [1.54, 1.807) is 0 Å². The van der Waals surface area contributed by atoms with Gasteiger partial charge in [-0.25, -0.2) is 0 Å². The molecule has 2 unspecified atom stereocenters. The predicted molar refractivity (Wildman–Crippen MR) is 115 cm³/mol. The lowest BCUT2D eigenvalue weighted by molar-refractivity contribution is -0.150. The fourth-order valence-electron chi connectivity index (χ4n) is 3.20. The third-order valence-corrected chi connectivity index (χ3v) is 4.85. The summed E-state index contributed by atoms with van der Waals surface area (Å²) < 4.78 is 10.7. The summed E-state index contributed by atoms with van der Waals surface area (Å²) in [4.78, 5) is 37.3. The van der Waals surface area contributed by atoms with E-state index in [2.05, 4.69) is 10.6 Å². The van der Waals surface area contributed by atoms with Crippen LogP contribution in [0.2, 0.25) is 0 Å². The first-order valence-corrected chi connectivity index (χ1v) is 10.7. The summed E-state index contributed by atoms with van der Waals surface area (Å²) in [5.41, 5.74) is 0.807. The molecule has 170 valence electrons. The Bertz CT molecular complexity index is 722. The average molecular weight is 433 g/mol. The number of ether oxygens (including phenoxy) is 2. The molecule has 31 heavy (non-hydrogen) atoms. The van der Waals surface area contributed by atoms with Crippen molar-refractivity contribution in [3.05, 3.63) is 48.0 Å². The number of aliphatic hydroxyl groups is 1. The second kappa shape index (κ2) is 14.3. The monoisotopic (exact) mass is 432 g/mol.